The highest BCUT2D eigenvalue weighted by molar-refractivity contribution is 7.53. The van der Waals surface area contributed by atoms with Crippen LogP contribution in [0, 0.1) is 12.3 Å². The Kier molecular flexibility index (Phi) is 6.26. The Morgan fingerprint density at radius 3 is 2.85 bits per heavy atom. The monoisotopic (exact) mass is 200 g/mol. The van der Waals surface area contributed by atoms with Crippen molar-refractivity contribution >= 4 is 7.60 Å². The van der Waals surface area contributed by atoms with Crippen molar-refractivity contribution in [3.05, 3.63) is 24.8 Å². The third-order valence-corrected chi connectivity index (χ3v) is 2.41. The van der Waals surface area contributed by atoms with E-state index in [1.54, 1.807) is 12.2 Å². The highest BCUT2D eigenvalue weighted by atomic mass is 31.2. The second-order valence-electron chi connectivity index (χ2n) is 2.28. The Bertz CT molecular complexity index is 263. The number of allylic oxidation sites excluding steroid dienone is 2. The van der Waals surface area contributed by atoms with Gasteiger partial charge >= 0.3 is 7.60 Å². The van der Waals surface area contributed by atoms with Crippen molar-refractivity contribution in [2.45, 2.75) is 6.42 Å². The normalized spacial score (nSPS) is 15.1. The number of terminal acetylenes is 1. The zero-order valence-corrected chi connectivity index (χ0v) is 8.24. The molecule has 1 N–H and O–H groups in total. The standard InChI is InChI=1S/C9H13O3P/c1-3-5-6-7-8-12-13(10,11)9-4-2/h1,4,6-7H,2,5,8-9H2,(H,10,11). The number of hydrogen-bond donors (Lipinski definition) is 1. The third kappa shape index (κ3) is 7.55. The minimum atomic E-state index is -3.46. The molecule has 0 heterocycles. The van der Waals surface area contributed by atoms with Gasteiger partial charge in [0.05, 0.1) is 12.8 Å². The van der Waals surface area contributed by atoms with Crippen molar-refractivity contribution in [3.63, 3.8) is 0 Å². The van der Waals surface area contributed by atoms with Crippen molar-refractivity contribution in [2.75, 3.05) is 12.8 Å². The Balaban J connectivity index is 3.70. The molecule has 0 saturated carbocycles. The maximum absolute atomic E-state index is 11.0. The zero-order chi connectivity index (χ0) is 10.2. The first-order chi connectivity index (χ1) is 6.12. The van der Waals surface area contributed by atoms with Crippen LogP contribution in [-0.4, -0.2) is 17.7 Å². The van der Waals surface area contributed by atoms with E-state index in [0.717, 1.165) is 0 Å². The molecule has 0 fully saturated rings. The fourth-order valence-electron chi connectivity index (χ4n) is 0.595. The fraction of sp³-hybridized carbons (Fsp3) is 0.333. The van der Waals surface area contributed by atoms with Gasteiger partial charge in [0.2, 0.25) is 0 Å². The molecule has 72 valence electrons. The van der Waals surface area contributed by atoms with E-state index in [9.17, 15) is 4.57 Å². The maximum atomic E-state index is 11.0. The highest BCUT2D eigenvalue weighted by Crippen LogP contribution is 2.41. The van der Waals surface area contributed by atoms with Gasteiger partial charge in [-0.15, -0.1) is 18.9 Å². The van der Waals surface area contributed by atoms with Crippen LogP contribution in [0.5, 0.6) is 0 Å². The lowest BCUT2D eigenvalue weighted by atomic mass is 10.4. The summed E-state index contributed by atoms with van der Waals surface area (Å²) in [5.41, 5.74) is 0. The lowest BCUT2D eigenvalue weighted by molar-refractivity contribution is 0.290. The summed E-state index contributed by atoms with van der Waals surface area (Å²) in [6.07, 6.45) is 10.1. The lowest BCUT2D eigenvalue weighted by Crippen LogP contribution is -1.92. The maximum Gasteiger partial charge on any atom is 0.332 e. The van der Waals surface area contributed by atoms with Crippen LogP contribution in [0.1, 0.15) is 6.42 Å². The minimum Gasteiger partial charge on any atom is -0.324 e. The first kappa shape index (κ1) is 12.2. The summed E-state index contributed by atoms with van der Waals surface area (Å²) in [7, 11) is -3.46. The predicted molar refractivity (Wildman–Crippen MR) is 53.4 cm³/mol. The molecule has 0 spiro atoms. The topological polar surface area (TPSA) is 46.5 Å². The van der Waals surface area contributed by atoms with Gasteiger partial charge in [-0.25, -0.2) is 0 Å². The van der Waals surface area contributed by atoms with Crippen molar-refractivity contribution in [1.82, 2.24) is 0 Å². The van der Waals surface area contributed by atoms with Gasteiger partial charge in [-0.1, -0.05) is 18.2 Å². The van der Waals surface area contributed by atoms with E-state index < -0.39 is 7.60 Å². The Morgan fingerprint density at radius 2 is 2.31 bits per heavy atom. The predicted octanol–water partition coefficient (Wildman–Crippen LogP) is 1.95. The van der Waals surface area contributed by atoms with Crippen LogP contribution in [0.3, 0.4) is 0 Å². The zero-order valence-electron chi connectivity index (χ0n) is 7.35. The molecule has 4 heteroatoms. The second kappa shape index (κ2) is 6.68. The molecular weight excluding hydrogens is 187 g/mol. The van der Waals surface area contributed by atoms with E-state index in [-0.39, 0.29) is 12.8 Å². The minimum absolute atomic E-state index is 0.0318. The molecule has 1 unspecified atom stereocenters. The van der Waals surface area contributed by atoms with E-state index in [4.69, 9.17) is 15.8 Å². The largest absolute Gasteiger partial charge is 0.332 e. The Morgan fingerprint density at radius 1 is 1.62 bits per heavy atom. The molecular formula is C9H13O3P. The lowest BCUT2D eigenvalue weighted by Gasteiger charge is -2.06. The summed E-state index contributed by atoms with van der Waals surface area (Å²) in [4.78, 5) is 9.06. The highest BCUT2D eigenvalue weighted by Gasteiger charge is 2.14. The average molecular weight is 200 g/mol. The number of rotatable bonds is 6. The van der Waals surface area contributed by atoms with Crippen LogP contribution in [0.4, 0.5) is 0 Å². The van der Waals surface area contributed by atoms with E-state index in [1.165, 1.54) is 6.08 Å². The van der Waals surface area contributed by atoms with E-state index in [0.29, 0.717) is 6.42 Å². The van der Waals surface area contributed by atoms with Crippen LogP contribution in [-0.2, 0) is 9.09 Å². The van der Waals surface area contributed by atoms with E-state index in [2.05, 4.69) is 12.5 Å². The summed E-state index contributed by atoms with van der Waals surface area (Å²) in [5, 5.41) is 0. The van der Waals surface area contributed by atoms with Gasteiger partial charge in [0, 0.05) is 6.42 Å². The molecule has 0 aliphatic heterocycles. The smallest absolute Gasteiger partial charge is 0.324 e. The molecule has 0 bridgehead atoms. The van der Waals surface area contributed by atoms with Crippen molar-refractivity contribution in [1.29, 1.82) is 0 Å². The molecule has 0 rings (SSSR count). The summed E-state index contributed by atoms with van der Waals surface area (Å²) < 4.78 is 15.7. The molecule has 0 aliphatic carbocycles. The third-order valence-electron chi connectivity index (χ3n) is 1.13. The quantitative estimate of drug-likeness (QED) is 0.405. The van der Waals surface area contributed by atoms with Crippen LogP contribution < -0.4 is 0 Å². The first-order valence-electron chi connectivity index (χ1n) is 3.78. The van der Waals surface area contributed by atoms with Crippen molar-refractivity contribution in [3.8, 4) is 12.3 Å². The van der Waals surface area contributed by atoms with Gasteiger partial charge in [0.25, 0.3) is 0 Å². The summed E-state index contributed by atoms with van der Waals surface area (Å²) in [5.74, 6) is 2.40. The van der Waals surface area contributed by atoms with Crippen LogP contribution in [0.25, 0.3) is 0 Å². The van der Waals surface area contributed by atoms with Gasteiger partial charge < -0.3 is 9.42 Å². The van der Waals surface area contributed by atoms with Crippen LogP contribution in [0.2, 0.25) is 0 Å². The van der Waals surface area contributed by atoms with E-state index >= 15 is 0 Å². The van der Waals surface area contributed by atoms with E-state index in [1.807, 2.05) is 0 Å². The molecule has 0 radical (unpaired) electrons. The first-order valence-corrected chi connectivity index (χ1v) is 5.54. The molecule has 13 heavy (non-hydrogen) atoms. The summed E-state index contributed by atoms with van der Waals surface area (Å²) >= 11 is 0. The van der Waals surface area contributed by atoms with Gasteiger partial charge in [-0.05, 0) is 0 Å². The molecule has 0 aliphatic rings. The van der Waals surface area contributed by atoms with Gasteiger partial charge in [-0.2, -0.15) is 0 Å². The molecule has 0 aromatic carbocycles. The van der Waals surface area contributed by atoms with Gasteiger partial charge in [0.1, 0.15) is 0 Å². The molecule has 3 nitrogen and oxygen atoms in total. The molecule has 1 atom stereocenters. The van der Waals surface area contributed by atoms with Crippen LogP contribution in [0.15, 0.2) is 24.8 Å². The summed E-state index contributed by atoms with van der Waals surface area (Å²) in [6.45, 7) is 3.45. The molecule has 0 amide bonds. The summed E-state index contributed by atoms with van der Waals surface area (Å²) in [6, 6.07) is 0. The van der Waals surface area contributed by atoms with Gasteiger partial charge in [0.15, 0.2) is 0 Å². The number of hydrogen-bond acceptors (Lipinski definition) is 2. The fourth-order valence-corrected chi connectivity index (χ4v) is 1.35. The molecule has 0 saturated heterocycles. The van der Waals surface area contributed by atoms with Crippen molar-refractivity contribution < 1.29 is 14.0 Å². The average Bonchev–Trinajstić information content (AvgIpc) is 2.04. The van der Waals surface area contributed by atoms with Crippen molar-refractivity contribution in [2.24, 2.45) is 0 Å². The molecule has 0 aromatic heterocycles. The Hall–Kier alpha value is -0.810. The SMILES string of the molecule is C#CCC=CCOP(=O)(O)CC=C. The molecule has 0 aromatic rings. The Labute approximate surface area is 78.6 Å². The van der Waals surface area contributed by atoms with Gasteiger partial charge in [-0.3, -0.25) is 4.57 Å². The second-order valence-corrected chi connectivity index (χ2v) is 4.18. The van der Waals surface area contributed by atoms with Crippen LogP contribution >= 0.6 is 7.60 Å².